The van der Waals surface area contributed by atoms with Gasteiger partial charge in [-0.05, 0) is 12.5 Å². The minimum atomic E-state index is -1.07. The van der Waals surface area contributed by atoms with Gasteiger partial charge in [-0.25, -0.2) is 0 Å². The van der Waals surface area contributed by atoms with E-state index in [1.165, 1.54) is 0 Å². The van der Waals surface area contributed by atoms with Crippen molar-refractivity contribution in [3.05, 3.63) is 48.0 Å². The number of hydrogen-bond acceptors (Lipinski definition) is 3. The van der Waals surface area contributed by atoms with E-state index in [1.807, 2.05) is 18.2 Å². The first-order valence-electron chi connectivity index (χ1n) is 7.07. The maximum absolute atomic E-state index is 6.23. The summed E-state index contributed by atoms with van der Waals surface area (Å²) in [5, 5.41) is 0. The molecule has 0 radical (unpaired) electrons. The predicted octanol–water partition coefficient (Wildman–Crippen LogP) is 3.61. The van der Waals surface area contributed by atoms with Crippen molar-refractivity contribution in [1.82, 2.24) is 0 Å². The molecule has 2 aliphatic heterocycles. The molecule has 2 saturated heterocycles. The van der Waals surface area contributed by atoms with E-state index >= 15 is 0 Å². The zero-order chi connectivity index (χ0) is 14.4. The lowest BCUT2D eigenvalue weighted by molar-refractivity contribution is -0.403. The van der Waals surface area contributed by atoms with Crippen molar-refractivity contribution in [2.75, 3.05) is 13.2 Å². The number of benzene rings is 1. The zero-order valence-corrected chi connectivity index (χ0v) is 12.4. The first kappa shape index (κ1) is 13.8. The molecule has 0 saturated carbocycles. The van der Waals surface area contributed by atoms with Gasteiger partial charge in [-0.1, -0.05) is 50.8 Å². The highest BCUT2D eigenvalue weighted by molar-refractivity contribution is 5.28. The van der Waals surface area contributed by atoms with Gasteiger partial charge in [0.2, 0.25) is 0 Å². The molecule has 2 aliphatic rings. The average Bonchev–Trinajstić information content (AvgIpc) is 2.68. The van der Waals surface area contributed by atoms with Gasteiger partial charge in [0.15, 0.2) is 0 Å². The largest absolute Gasteiger partial charge is 0.323 e. The number of ether oxygens (including phenoxy) is 3. The Kier molecular flexibility index (Phi) is 3.05. The van der Waals surface area contributed by atoms with E-state index in [0.717, 1.165) is 11.1 Å². The van der Waals surface area contributed by atoms with Crippen LogP contribution in [0.15, 0.2) is 42.5 Å². The summed E-state index contributed by atoms with van der Waals surface area (Å²) in [4.78, 5) is 0. The Hall–Kier alpha value is -1.16. The highest BCUT2D eigenvalue weighted by Gasteiger charge is 2.55. The highest BCUT2D eigenvalue weighted by atomic mass is 16.9. The van der Waals surface area contributed by atoms with Gasteiger partial charge in [-0.2, -0.15) is 0 Å². The molecule has 1 atom stereocenters. The highest BCUT2D eigenvalue weighted by Crippen LogP contribution is 2.50. The Labute approximate surface area is 120 Å². The van der Waals surface area contributed by atoms with Crippen LogP contribution in [-0.4, -0.2) is 19.2 Å². The third-order valence-electron chi connectivity index (χ3n) is 4.03. The monoisotopic (exact) mass is 274 g/mol. The molecule has 1 spiro atoms. The molecule has 1 aromatic carbocycles. The van der Waals surface area contributed by atoms with Crippen molar-refractivity contribution < 1.29 is 14.2 Å². The van der Waals surface area contributed by atoms with Crippen LogP contribution in [0.4, 0.5) is 0 Å². The van der Waals surface area contributed by atoms with Gasteiger partial charge in [-0.15, -0.1) is 0 Å². The lowest BCUT2D eigenvalue weighted by Crippen LogP contribution is -2.49. The molecular formula is C17H22O3. The Morgan fingerprint density at radius 1 is 1.00 bits per heavy atom. The third kappa shape index (κ3) is 2.20. The van der Waals surface area contributed by atoms with Gasteiger partial charge in [0, 0.05) is 17.4 Å². The molecule has 0 amide bonds. The molecule has 0 bridgehead atoms. The van der Waals surface area contributed by atoms with Gasteiger partial charge in [0.25, 0.3) is 0 Å². The lowest BCUT2D eigenvalue weighted by atomic mass is 9.91. The SMILES string of the molecule is C=C1CC(C)(c2ccccc2)OC12OCC(C)(C)CO2. The maximum atomic E-state index is 6.23. The van der Waals surface area contributed by atoms with Gasteiger partial charge < -0.3 is 14.2 Å². The van der Waals surface area contributed by atoms with Crippen LogP contribution < -0.4 is 0 Å². The minimum Gasteiger partial charge on any atom is -0.323 e. The van der Waals surface area contributed by atoms with Crippen molar-refractivity contribution in [2.24, 2.45) is 5.41 Å². The van der Waals surface area contributed by atoms with Gasteiger partial charge >= 0.3 is 5.97 Å². The quantitative estimate of drug-likeness (QED) is 0.732. The smallest absolute Gasteiger partial charge is 0.308 e. The lowest BCUT2D eigenvalue weighted by Gasteiger charge is -2.41. The zero-order valence-electron chi connectivity index (χ0n) is 12.4. The van der Waals surface area contributed by atoms with Crippen LogP contribution in [0.1, 0.15) is 32.8 Å². The molecule has 3 heteroatoms. The van der Waals surface area contributed by atoms with Crippen molar-refractivity contribution in [1.29, 1.82) is 0 Å². The normalized spacial score (nSPS) is 31.6. The van der Waals surface area contributed by atoms with E-state index in [0.29, 0.717) is 19.6 Å². The average molecular weight is 274 g/mol. The molecule has 0 aliphatic carbocycles. The molecule has 1 aromatic rings. The molecule has 1 unspecified atom stereocenters. The Balaban J connectivity index is 1.86. The fourth-order valence-corrected chi connectivity index (χ4v) is 2.80. The van der Waals surface area contributed by atoms with E-state index in [4.69, 9.17) is 14.2 Å². The second-order valence-corrected chi connectivity index (χ2v) is 6.78. The Bertz CT molecular complexity index is 510. The van der Waals surface area contributed by atoms with Crippen LogP contribution in [-0.2, 0) is 19.8 Å². The number of hydrogen-bond donors (Lipinski definition) is 0. The van der Waals surface area contributed by atoms with Gasteiger partial charge in [-0.3, -0.25) is 0 Å². The van der Waals surface area contributed by atoms with Gasteiger partial charge in [0.05, 0.1) is 13.2 Å². The first-order chi connectivity index (χ1) is 9.35. The summed E-state index contributed by atoms with van der Waals surface area (Å²) in [5.74, 6) is -1.07. The molecule has 0 N–H and O–H groups in total. The van der Waals surface area contributed by atoms with Crippen LogP contribution >= 0.6 is 0 Å². The van der Waals surface area contributed by atoms with E-state index < -0.39 is 11.6 Å². The topological polar surface area (TPSA) is 27.7 Å². The van der Waals surface area contributed by atoms with Crippen molar-refractivity contribution in [3.8, 4) is 0 Å². The number of rotatable bonds is 1. The minimum absolute atomic E-state index is 0.0145. The molecule has 3 rings (SSSR count). The molecule has 2 heterocycles. The fourth-order valence-electron chi connectivity index (χ4n) is 2.80. The van der Waals surface area contributed by atoms with Gasteiger partial charge in [0.1, 0.15) is 5.60 Å². The van der Waals surface area contributed by atoms with Crippen molar-refractivity contribution in [3.63, 3.8) is 0 Å². The molecular weight excluding hydrogens is 252 g/mol. The van der Waals surface area contributed by atoms with E-state index in [2.05, 4.69) is 39.5 Å². The van der Waals surface area contributed by atoms with Crippen LogP contribution in [0.5, 0.6) is 0 Å². The van der Waals surface area contributed by atoms with E-state index in [-0.39, 0.29) is 5.41 Å². The molecule has 108 valence electrons. The Morgan fingerprint density at radius 3 is 2.20 bits per heavy atom. The second-order valence-electron chi connectivity index (χ2n) is 6.78. The summed E-state index contributed by atoms with van der Waals surface area (Å²) < 4.78 is 18.1. The van der Waals surface area contributed by atoms with Crippen LogP contribution in [0.3, 0.4) is 0 Å². The van der Waals surface area contributed by atoms with Crippen LogP contribution in [0.2, 0.25) is 0 Å². The molecule has 3 nitrogen and oxygen atoms in total. The third-order valence-corrected chi connectivity index (χ3v) is 4.03. The summed E-state index contributed by atoms with van der Waals surface area (Å²) in [6.45, 7) is 11.6. The maximum Gasteiger partial charge on any atom is 0.308 e. The second kappa shape index (κ2) is 4.42. The van der Waals surface area contributed by atoms with Crippen molar-refractivity contribution >= 4 is 0 Å². The summed E-state index contributed by atoms with van der Waals surface area (Å²) in [6.07, 6.45) is 0.706. The summed E-state index contributed by atoms with van der Waals surface area (Å²) in [7, 11) is 0. The summed E-state index contributed by atoms with van der Waals surface area (Å²) in [5.41, 5.74) is 1.55. The summed E-state index contributed by atoms with van der Waals surface area (Å²) in [6, 6.07) is 10.2. The van der Waals surface area contributed by atoms with Crippen LogP contribution in [0, 0.1) is 5.41 Å². The molecule has 2 fully saturated rings. The Morgan fingerprint density at radius 2 is 1.60 bits per heavy atom. The molecule has 20 heavy (non-hydrogen) atoms. The fraction of sp³-hybridized carbons (Fsp3) is 0.529. The first-order valence-corrected chi connectivity index (χ1v) is 7.07. The van der Waals surface area contributed by atoms with E-state index in [1.54, 1.807) is 0 Å². The van der Waals surface area contributed by atoms with E-state index in [9.17, 15) is 0 Å². The molecule has 0 aromatic heterocycles. The summed E-state index contributed by atoms with van der Waals surface area (Å²) >= 11 is 0. The van der Waals surface area contributed by atoms with Crippen molar-refractivity contribution in [2.45, 2.75) is 38.8 Å². The standard InChI is InChI=1S/C17H22O3/c1-13-10-16(4,14-8-6-5-7-9-14)20-17(13)18-11-15(2,3)12-19-17/h5-9H,1,10-12H2,2-4H3. The predicted molar refractivity (Wildman–Crippen MR) is 77.1 cm³/mol. The van der Waals surface area contributed by atoms with Crippen LogP contribution in [0.25, 0.3) is 0 Å².